The van der Waals surface area contributed by atoms with Gasteiger partial charge in [0.2, 0.25) is 0 Å². The highest BCUT2D eigenvalue weighted by Gasteiger charge is 2.26. The Bertz CT molecular complexity index is 608. The van der Waals surface area contributed by atoms with Crippen LogP contribution in [0.15, 0.2) is 17.0 Å². The first-order valence-corrected chi connectivity index (χ1v) is 13.1. The average Bonchev–Trinajstić information content (AvgIpc) is 2.79. The molecule has 2 fully saturated rings. The van der Waals surface area contributed by atoms with Crippen molar-refractivity contribution in [2.24, 2.45) is 5.73 Å². The number of rotatable bonds is 3. The summed E-state index contributed by atoms with van der Waals surface area (Å²) in [6.07, 6.45) is 10.4. The summed E-state index contributed by atoms with van der Waals surface area (Å²) in [7, 11) is 0. The number of thioether (sulfide) groups is 1. The molecule has 7 heteroatoms. The lowest BCUT2D eigenvalue weighted by Crippen LogP contribution is -2.53. The summed E-state index contributed by atoms with van der Waals surface area (Å²) >= 11 is 1.85. The van der Waals surface area contributed by atoms with Crippen LogP contribution in [0.1, 0.15) is 62.8 Å². The fourth-order valence-corrected chi connectivity index (χ4v) is 6.08. The molecule has 0 spiro atoms. The van der Waals surface area contributed by atoms with Crippen molar-refractivity contribution in [2.75, 3.05) is 25.4 Å². The number of hydrogen-bond acceptors (Lipinski definition) is 7. The van der Waals surface area contributed by atoms with Crippen LogP contribution in [0.5, 0.6) is 0 Å². The van der Waals surface area contributed by atoms with Crippen LogP contribution in [0.2, 0.25) is 0 Å². The molecule has 0 saturated heterocycles. The third-order valence-corrected chi connectivity index (χ3v) is 7.86. The maximum absolute atomic E-state index is 5.76. The van der Waals surface area contributed by atoms with Gasteiger partial charge in [-0.1, -0.05) is 25.7 Å². The van der Waals surface area contributed by atoms with Gasteiger partial charge in [-0.2, -0.15) is 0 Å². The lowest BCUT2D eigenvalue weighted by atomic mass is 9.89. The molecule has 1 aromatic heterocycles. The summed E-state index contributed by atoms with van der Waals surface area (Å²) in [5.41, 5.74) is 8.07. The van der Waals surface area contributed by atoms with Crippen molar-refractivity contribution in [3.8, 4) is 0 Å². The molecule has 6 nitrogen and oxygen atoms in total. The molecule has 2 heterocycles. The van der Waals surface area contributed by atoms with Crippen molar-refractivity contribution < 1.29 is 0 Å². The Labute approximate surface area is 186 Å². The molecule has 4 rings (SSSR count). The van der Waals surface area contributed by atoms with Crippen molar-refractivity contribution >= 4 is 11.8 Å². The first-order chi connectivity index (χ1) is 14.8. The molecule has 1 aromatic rings. The zero-order valence-corrected chi connectivity index (χ0v) is 19.1. The van der Waals surface area contributed by atoms with Gasteiger partial charge in [-0.3, -0.25) is 4.98 Å². The van der Waals surface area contributed by atoms with Gasteiger partial charge < -0.3 is 27.0 Å². The smallest absolute Gasteiger partial charge is 0.0556 e. The summed E-state index contributed by atoms with van der Waals surface area (Å²) < 4.78 is 0. The second-order valence-electron chi connectivity index (χ2n) is 9.09. The van der Waals surface area contributed by atoms with Crippen molar-refractivity contribution in [3.63, 3.8) is 0 Å². The summed E-state index contributed by atoms with van der Waals surface area (Å²) in [6.45, 7) is 4.50. The standard InChI is InChI=1S/C23H40N6S/c24-9-12-30-19-13-17-15-27-22-7-3-1-5-20(22)25-10-11-26-21-6-2-4-8-23(21)28-16-18(14-19)29-17/h13-14,20-23,25-28H,1-12,15-16,24H2/t20-,21-,22-,23-/m1/s1. The van der Waals surface area contributed by atoms with E-state index in [1.807, 2.05) is 11.8 Å². The molecular weight excluding hydrogens is 392 g/mol. The molecule has 0 amide bonds. The zero-order chi connectivity index (χ0) is 20.6. The van der Waals surface area contributed by atoms with Gasteiger partial charge in [-0.05, 0) is 37.8 Å². The fourth-order valence-electron chi connectivity index (χ4n) is 5.29. The van der Waals surface area contributed by atoms with Crippen LogP contribution in [0.3, 0.4) is 0 Å². The van der Waals surface area contributed by atoms with E-state index in [2.05, 4.69) is 33.4 Å². The van der Waals surface area contributed by atoms with Crippen LogP contribution in [0.4, 0.5) is 0 Å². The number of aromatic nitrogens is 1. The first kappa shape index (κ1) is 22.5. The lowest BCUT2D eigenvalue weighted by molar-refractivity contribution is 0.266. The number of nitrogens with one attached hydrogen (secondary N) is 4. The molecule has 0 radical (unpaired) electrons. The minimum Gasteiger partial charge on any atom is -0.330 e. The van der Waals surface area contributed by atoms with Gasteiger partial charge in [0, 0.05) is 67.5 Å². The third kappa shape index (κ3) is 6.40. The number of fused-ring (bicyclic) bond motifs is 4. The Hall–Kier alpha value is -0.700. The average molecular weight is 433 g/mol. The predicted molar refractivity (Wildman–Crippen MR) is 126 cm³/mol. The maximum Gasteiger partial charge on any atom is 0.0556 e. The van der Waals surface area contributed by atoms with Crippen molar-refractivity contribution in [1.29, 1.82) is 0 Å². The van der Waals surface area contributed by atoms with Gasteiger partial charge in [0.1, 0.15) is 0 Å². The van der Waals surface area contributed by atoms with Crippen molar-refractivity contribution in [1.82, 2.24) is 26.3 Å². The quantitative estimate of drug-likeness (QED) is 0.468. The molecule has 2 saturated carbocycles. The lowest BCUT2D eigenvalue weighted by Gasteiger charge is -2.34. The van der Waals surface area contributed by atoms with Gasteiger partial charge in [0.15, 0.2) is 0 Å². The number of nitrogens with zero attached hydrogens (tertiary/aromatic N) is 1. The highest BCUT2D eigenvalue weighted by atomic mass is 32.2. The van der Waals surface area contributed by atoms with Crippen molar-refractivity contribution in [2.45, 2.75) is 93.5 Å². The topological polar surface area (TPSA) is 87.0 Å². The number of pyridine rings is 1. The van der Waals surface area contributed by atoms with Crippen molar-refractivity contribution in [3.05, 3.63) is 23.5 Å². The zero-order valence-electron chi connectivity index (χ0n) is 18.3. The molecule has 168 valence electrons. The summed E-state index contributed by atoms with van der Waals surface area (Å²) in [6, 6.07) is 6.72. The molecular formula is C23H40N6S. The van der Waals surface area contributed by atoms with E-state index in [1.54, 1.807) is 0 Å². The molecule has 6 N–H and O–H groups in total. The van der Waals surface area contributed by atoms with E-state index in [4.69, 9.17) is 10.7 Å². The van der Waals surface area contributed by atoms with Crippen LogP contribution in [-0.4, -0.2) is 54.5 Å². The molecule has 0 aromatic carbocycles. The van der Waals surface area contributed by atoms with Crippen LogP contribution >= 0.6 is 11.8 Å². The van der Waals surface area contributed by atoms with Gasteiger partial charge in [-0.15, -0.1) is 11.8 Å². The van der Waals surface area contributed by atoms with Gasteiger partial charge in [0.05, 0.1) is 11.4 Å². The van der Waals surface area contributed by atoms with E-state index in [0.717, 1.165) is 43.3 Å². The Morgan fingerprint density at radius 2 is 1.23 bits per heavy atom. The predicted octanol–water partition coefficient (Wildman–Crippen LogP) is 2.13. The monoisotopic (exact) mass is 432 g/mol. The summed E-state index contributed by atoms with van der Waals surface area (Å²) in [5.74, 6) is 0.951. The Kier molecular flexibility index (Phi) is 8.84. The minimum absolute atomic E-state index is 0.537. The maximum atomic E-state index is 5.76. The van der Waals surface area contributed by atoms with E-state index >= 15 is 0 Å². The minimum atomic E-state index is 0.537. The van der Waals surface area contributed by atoms with Crippen LogP contribution < -0.4 is 27.0 Å². The highest BCUT2D eigenvalue weighted by molar-refractivity contribution is 7.99. The van der Waals surface area contributed by atoms with E-state index in [1.165, 1.54) is 56.3 Å². The van der Waals surface area contributed by atoms with Crippen LogP contribution in [0, 0.1) is 0 Å². The Morgan fingerprint density at radius 3 is 1.70 bits per heavy atom. The molecule has 4 atom stereocenters. The van der Waals surface area contributed by atoms with Gasteiger partial charge >= 0.3 is 0 Å². The first-order valence-electron chi connectivity index (χ1n) is 12.1. The van der Waals surface area contributed by atoms with E-state index < -0.39 is 0 Å². The third-order valence-electron chi connectivity index (χ3n) is 6.85. The highest BCUT2D eigenvalue weighted by Crippen LogP contribution is 2.23. The second-order valence-corrected chi connectivity index (χ2v) is 10.3. The van der Waals surface area contributed by atoms with Gasteiger partial charge in [0.25, 0.3) is 0 Å². The normalized spacial score (nSPS) is 31.1. The molecule has 30 heavy (non-hydrogen) atoms. The van der Waals surface area contributed by atoms with E-state index in [-0.39, 0.29) is 0 Å². The molecule has 1 aliphatic heterocycles. The molecule has 0 unspecified atom stereocenters. The summed E-state index contributed by atoms with van der Waals surface area (Å²) in [5, 5.41) is 15.4. The second kappa shape index (κ2) is 11.8. The van der Waals surface area contributed by atoms with Crippen LogP contribution in [0.25, 0.3) is 0 Å². The molecule has 3 aliphatic rings. The van der Waals surface area contributed by atoms with E-state index in [9.17, 15) is 0 Å². The largest absolute Gasteiger partial charge is 0.330 e. The Morgan fingerprint density at radius 1 is 0.767 bits per heavy atom. The molecule has 2 aliphatic carbocycles. The summed E-state index contributed by atoms with van der Waals surface area (Å²) in [4.78, 5) is 6.31. The number of nitrogens with two attached hydrogens (primary N) is 1. The molecule has 2 bridgehead atoms. The SMILES string of the molecule is NCCSc1cc2nc(c1)CN[C@@H]1CCCC[C@H]1NCCN[C@@H]1CCCC[C@H]1NC2. The van der Waals surface area contributed by atoms with E-state index in [0.29, 0.717) is 30.7 Å². The fraction of sp³-hybridized carbons (Fsp3) is 0.783. The number of hydrogen-bond donors (Lipinski definition) is 5. The van der Waals surface area contributed by atoms with Gasteiger partial charge in [-0.25, -0.2) is 0 Å². The van der Waals surface area contributed by atoms with Crippen LogP contribution in [-0.2, 0) is 13.1 Å². The Balaban J connectivity index is 1.52.